The largest absolute Gasteiger partial charge is 0.337 e. The summed E-state index contributed by atoms with van der Waals surface area (Å²) in [4.78, 5) is 29.0. The highest BCUT2D eigenvalue weighted by molar-refractivity contribution is 7.54. The van der Waals surface area contributed by atoms with Crippen LogP contribution in [0, 0.1) is 13.8 Å². The third-order valence-electron chi connectivity index (χ3n) is 7.31. The molecule has 0 radical (unpaired) electrons. The molecule has 3 N–H and O–H groups in total. The number of hydrogen-bond donors (Lipinski definition) is 3. The van der Waals surface area contributed by atoms with E-state index in [1.807, 2.05) is 0 Å². The first-order chi connectivity index (χ1) is 17.4. The SMILES string of the molecule is Cc1cc(C(C)(C)C)cc(C(C)(C)C)c1C(COP(O)OP(O)O)c1c(C)cc(C(C)(C)C)cc1C(C)(C)C. The van der Waals surface area contributed by atoms with Crippen LogP contribution in [-0.4, -0.2) is 21.3 Å². The van der Waals surface area contributed by atoms with Gasteiger partial charge >= 0.3 is 17.2 Å². The minimum atomic E-state index is -2.72. The Labute approximate surface area is 240 Å². The van der Waals surface area contributed by atoms with Gasteiger partial charge in [-0.05, 0) is 80.0 Å². The second-order valence-electron chi connectivity index (χ2n) is 14.9. The van der Waals surface area contributed by atoms with Crippen LogP contribution in [0.25, 0.3) is 0 Å². The highest BCUT2D eigenvalue weighted by Gasteiger charge is 2.34. The summed E-state index contributed by atoms with van der Waals surface area (Å²) in [5.41, 5.74) is 9.46. The maximum atomic E-state index is 10.4. The number of hydrogen-bond acceptors (Lipinski definition) is 5. The van der Waals surface area contributed by atoms with Crippen molar-refractivity contribution in [2.75, 3.05) is 6.61 Å². The monoisotopic (exact) mass is 578 g/mol. The molecule has 0 aromatic heterocycles. The van der Waals surface area contributed by atoms with Gasteiger partial charge in [0.15, 0.2) is 0 Å². The van der Waals surface area contributed by atoms with Crippen molar-refractivity contribution in [1.82, 2.24) is 0 Å². The maximum Gasteiger partial charge on any atom is 0.337 e. The van der Waals surface area contributed by atoms with Crippen molar-refractivity contribution in [3.05, 3.63) is 68.8 Å². The van der Waals surface area contributed by atoms with Crippen molar-refractivity contribution in [3.63, 3.8) is 0 Å². The fraction of sp³-hybridized carbons (Fsp3) is 0.625. The van der Waals surface area contributed by atoms with E-state index in [9.17, 15) is 14.7 Å². The second-order valence-corrected chi connectivity index (χ2v) is 16.8. The summed E-state index contributed by atoms with van der Waals surface area (Å²) in [5, 5.41) is 0. The van der Waals surface area contributed by atoms with Gasteiger partial charge in [0.05, 0.1) is 6.61 Å². The van der Waals surface area contributed by atoms with Crippen LogP contribution in [0.4, 0.5) is 0 Å². The third-order valence-corrected chi connectivity index (χ3v) is 8.83. The van der Waals surface area contributed by atoms with Gasteiger partial charge < -0.3 is 19.2 Å². The van der Waals surface area contributed by atoms with E-state index in [1.54, 1.807) is 0 Å². The van der Waals surface area contributed by atoms with Crippen LogP contribution in [0.2, 0.25) is 0 Å². The summed E-state index contributed by atoms with van der Waals surface area (Å²) in [6.07, 6.45) is 0. The quantitative estimate of drug-likeness (QED) is 0.286. The molecule has 0 heterocycles. The maximum absolute atomic E-state index is 10.4. The predicted molar refractivity (Wildman–Crippen MR) is 167 cm³/mol. The summed E-state index contributed by atoms with van der Waals surface area (Å²) in [6.45, 7) is 31.3. The first kappa shape index (κ1) is 34.3. The summed E-state index contributed by atoms with van der Waals surface area (Å²) in [7, 11) is -5.17. The zero-order chi connectivity index (χ0) is 30.3. The Bertz CT molecular complexity index is 1060. The summed E-state index contributed by atoms with van der Waals surface area (Å²) in [6, 6.07) is 9.24. The topological polar surface area (TPSA) is 79.2 Å². The summed E-state index contributed by atoms with van der Waals surface area (Å²) in [5.74, 6) is -0.208. The van der Waals surface area contributed by atoms with E-state index in [-0.39, 0.29) is 34.2 Å². The van der Waals surface area contributed by atoms with E-state index in [0.29, 0.717) is 0 Å². The lowest BCUT2D eigenvalue weighted by atomic mass is 9.69. The molecule has 0 aliphatic heterocycles. The van der Waals surface area contributed by atoms with Crippen molar-refractivity contribution in [1.29, 1.82) is 0 Å². The third kappa shape index (κ3) is 8.79. The number of rotatable bonds is 7. The van der Waals surface area contributed by atoms with Crippen LogP contribution >= 0.6 is 17.2 Å². The molecule has 0 amide bonds. The zero-order valence-electron chi connectivity index (χ0n) is 26.6. The normalized spacial score (nSPS) is 14.4. The minimum Gasteiger partial charge on any atom is -0.328 e. The van der Waals surface area contributed by atoms with Crippen LogP contribution in [0.5, 0.6) is 0 Å². The molecule has 2 aromatic carbocycles. The average molecular weight is 579 g/mol. The van der Waals surface area contributed by atoms with Crippen molar-refractivity contribution in [3.8, 4) is 0 Å². The van der Waals surface area contributed by atoms with Gasteiger partial charge in [-0.1, -0.05) is 107 Å². The first-order valence-electron chi connectivity index (χ1n) is 13.7. The Morgan fingerprint density at radius 2 is 0.974 bits per heavy atom. The molecule has 0 aliphatic rings. The number of aryl methyl sites for hydroxylation is 2. The van der Waals surface area contributed by atoms with E-state index >= 15 is 0 Å². The van der Waals surface area contributed by atoms with E-state index in [2.05, 4.69) is 121 Å². The molecule has 0 saturated carbocycles. The zero-order valence-corrected chi connectivity index (χ0v) is 28.4. The predicted octanol–water partition coefficient (Wildman–Crippen LogP) is 9.09. The molecule has 39 heavy (non-hydrogen) atoms. The van der Waals surface area contributed by atoms with Gasteiger partial charge in [-0.3, -0.25) is 0 Å². The molecule has 1 atom stereocenters. The molecule has 0 bridgehead atoms. The molecule has 220 valence electrons. The molecule has 0 saturated heterocycles. The Kier molecular flexibility index (Phi) is 10.7. The lowest BCUT2D eigenvalue weighted by molar-refractivity contribution is 0.239. The summed E-state index contributed by atoms with van der Waals surface area (Å²) >= 11 is 0. The average Bonchev–Trinajstić information content (AvgIpc) is 2.71. The van der Waals surface area contributed by atoms with Crippen molar-refractivity contribution >= 4 is 17.2 Å². The van der Waals surface area contributed by atoms with Gasteiger partial charge in [-0.15, -0.1) is 0 Å². The van der Waals surface area contributed by atoms with Gasteiger partial charge in [0.1, 0.15) is 0 Å². The van der Waals surface area contributed by atoms with Gasteiger partial charge in [0.25, 0.3) is 0 Å². The van der Waals surface area contributed by atoms with E-state index in [0.717, 1.165) is 0 Å². The van der Waals surface area contributed by atoms with Gasteiger partial charge in [-0.25, -0.2) is 4.31 Å². The smallest absolute Gasteiger partial charge is 0.328 e. The van der Waals surface area contributed by atoms with Gasteiger partial charge in [0.2, 0.25) is 0 Å². The van der Waals surface area contributed by atoms with E-state index < -0.39 is 17.2 Å². The Morgan fingerprint density at radius 1 is 0.615 bits per heavy atom. The molecule has 7 heteroatoms. The molecule has 5 nitrogen and oxygen atoms in total. The lowest BCUT2D eigenvalue weighted by Crippen LogP contribution is -2.26. The van der Waals surface area contributed by atoms with E-state index in [1.165, 1.54) is 44.5 Å². The minimum absolute atomic E-state index is 0.0111. The molecule has 2 aromatic rings. The van der Waals surface area contributed by atoms with Crippen LogP contribution in [0.3, 0.4) is 0 Å². The molecular formula is C32H52O5P2. The van der Waals surface area contributed by atoms with Crippen LogP contribution < -0.4 is 0 Å². The Hall–Kier alpha value is -0.900. The second kappa shape index (κ2) is 12.1. The van der Waals surface area contributed by atoms with Crippen molar-refractivity contribution in [2.45, 2.75) is 125 Å². The van der Waals surface area contributed by atoms with Crippen molar-refractivity contribution in [2.24, 2.45) is 0 Å². The standard InChI is InChI=1S/C32H52O5P2/c1-20-15-22(29(3,4)5)17-25(31(9,10)11)27(20)24(19-36-39(35)37-38(33)34)28-21(2)16-23(30(6,7)8)18-26(28)32(12,13)14/h15-18,24,33-35H,19H2,1-14H3. The highest BCUT2D eigenvalue weighted by atomic mass is 31.2. The molecule has 0 aliphatic carbocycles. The Morgan fingerprint density at radius 3 is 1.26 bits per heavy atom. The molecule has 2 rings (SSSR count). The van der Waals surface area contributed by atoms with Crippen LogP contribution in [-0.2, 0) is 30.5 Å². The highest BCUT2D eigenvalue weighted by Crippen LogP contribution is 2.49. The van der Waals surface area contributed by atoms with Crippen LogP contribution in [0.15, 0.2) is 24.3 Å². The van der Waals surface area contributed by atoms with Gasteiger partial charge in [-0.2, -0.15) is 0 Å². The molecular weight excluding hydrogens is 526 g/mol. The molecule has 1 unspecified atom stereocenters. The number of benzene rings is 2. The molecule has 0 fully saturated rings. The summed E-state index contributed by atoms with van der Waals surface area (Å²) < 4.78 is 10.7. The first-order valence-corrected chi connectivity index (χ1v) is 16.0. The fourth-order valence-electron chi connectivity index (χ4n) is 5.16. The van der Waals surface area contributed by atoms with Crippen molar-refractivity contribution < 1.29 is 23.5 Å². The van der Waals surface area contributed by atoms with Gasteiger partial charge in [0, 0.05) is 5.92 Å². The lowest BCUT2D eigenvalue weighted by Gasteiger charge is -2.36. The van der Waals surface area contributed by atoms with E-state index in [4.69, 9.17) is 8.83 Å². The Balaban J connectivity index is 2.99. The fourth-order valence-corrected chi connectivity index (χ4v) is 6.13. The molecule has 0 spiro atoms. The van der Waals surface area contributed by atoms with Crippen LogP contribution in [0.1, 0.15) is 134 Å².